The second-order valence-electron chi connectivity index (χ2n) is 3.83. The van der Waals surface area contributed by atoms with E-state index in [-0.39, 0.29) is 13.2 Å². The van der Waals surface area contributed by atoms with Crippen molar-refractivity contribution < 1.29 is 23.1 Å². The largest absolute Gasteiger partial charge is 0.409 e. The van der Waals surface area contributed by atoms with Crippen LogP contribution in [-0.2, 0) is 4.74 Å². The average Bonchev–Trinajstić information content (AvgIpc) is 2.25. The Hall–Kier alpha value is -1.28. The molecule has 1 unspecified atom stereocenters. The third kappa shape index (κ3) is 7.13. The van der Waals surface area contributed by atoms with Gasteiger partial charge in [0.25, 0.3) is 0 Å². The van der Waals surface area contributed by atoms with Crippen LogP contribution in [0, 0.1) is 5.92 Å². The minimum atomic E-state index is -4.55. The number of nitrogens with zero attached hydrogens (tertiary/aromatic N) is 1. The summed E-state index contributed by atoms with van der Waals surface area (Å²) in [5.74, 6) is -2.87. The first-order valence-electron chi connectivity index (χ1n) is 5.26. The summed E-state index contributed by atoms with van der Waals surface area (Å²) in [6, 6.07) is 0. The summed E-state index contributed by atoms with van der Waals surface area (Å²) in [7, 11) is 0. The molecule has 0 radical (unpaired) electrons. The molecular weight excluding hydrogens is 251 g/mol. The fourth-order valence-electron chi connectivity index (χ4n) is 1.09. The summed E-state index contributed by atoms with van der Waals surface area (Å²) in [6.07, 6.45) is -4.55. The summed E-state index contributed by atoms with van der Waals surface area (Å²) in [5.41, 5.74) is 5.81. The van der Waals surface area contributed by atoms with Crippen molar-refractivity contribution in [1.29, 1.82) is 0 Å². The van der Waals surface area contributed by atoms with Gasteiger partial charge in [0.15, 0.2) is 5.84 Å². The molecule has 4 N–H and O–H groups in total. The molecule has 0 amide bonds. The van der Waals surface area contributed by atoms with E-state index in [1.807, 2.05) is 0 Å². The molecular formula is C10H18F3N3O2. The van der Waals surface area contributed by atoms with E-state index < -0.39 is 24.5 Å². The highest BCUT2D eigenvalue weighted by atomic mass is 19.4. The second kappa shape index (κ2) is 7.93. The first-order valence-corrected chi connectivity index (χ1v) is 5.26. The van der Waals surface area contributed by atoms with E-state index in [1.165, 1.54) is 0 Å². The van der Waals surface area contributed by atoms with Crippen molar-refractivity contribution in [3.8, 4) is 0 Å². The van der Waals surface area contributed by atoms with E-state index in [9.17, 15) is 13.2 Å². The number of halogens is 3. The van der Waals surface area contributed by atoms with Crippen LogP contribution in [0.1, 0.15) is 6.92 Å². The summed E-state index contributed by atoms with van der Waals surface area (Å²) in [6.45, 7) is 5.79. The lowest BCUT2D eigenvalue weighted by Gasteiger charge is -2.19. The molecule has 8 heteroatoms. The van der Waals surface area contributed by atoms with Crippen LogP contribution in [0.3, 0.4) is 0 Å². The number of nitrogens with two attached hydrogens (primary N) is 1. The van der Waals surface area contributed by atoms with Gasteiger partial charge in [-0.25, -0.2) is 0 Å². The van der Waals surface area contributed by atoms with Crippen LogP contribution in [0.5, 0.6) is 0 Å². The predicted molar refractivity (Wildman–Crippen MR) is 61.5 cm³/mol. The number of ether oxygens (including phenoxy) is 1. The van der Waals surface area contributed by atoms with Gasteiger partial charge in [-0.3, -0.25) is 0 Å². The van der Waals surface area contributed by atoms with Crippen LogP contribution in [0.2, 0.25) is 0 Å². The SMILES string of the molecule is C=C(C)COCCNCC(C(N)=NO)C(F)(F)F. The van der Waals surface area contributed by atoms with Crippen LogP contribution in [0.4, 0.5) is 13.2 Å². The molecule has 0 aliphatic heterocycles. The van der Waals surface area contributed by atoms with Crippen molar-refractivity contribution in [2.45, 2.75) is 13.1 Å². The normalized spacial score (nSPS) is 14.6. The maximum atomic E-state index is 12.5. The Labute approximate surface area is 103 Å². The van der Waals surface area contributed by atoms with Crippen LogP contribution in [0.15, 0.2) is 17.3 Å². The molecule has 0 aromatic carbocycles. The lowest BCUT2D eigenvalue weighted by molar-refractivity contribution is -0.154. The molecule has 0 rings (SSSR count). The Morgan fingerprint density at radius 2 is 2.17 bits per heavy atom. The van der Waals surface area contributed by atoms with Crippen molar-refractivity contribution in [2.75, 3.05) is 26.3 Å². The molecule has 1 atom stereocenters. The zero-order valence-corrected chi connectivity index (χ0v) is 10.1. The zero-order valence-electron chi connectivity index (χ0n) is 10.1. The van der Waals surface area contributed by atoms with Crippen molar-refractivity contribution >= 4 is 5.84 Å². The highest BCUT2D eigenvalue weighted by Crippen LogP contribution is 2.25. The molecule has 0 heterocycles. The Kier molecular flexibility index (Phi) is 7.37. The van der Waals surface area contributed by atoms with Crippen molar-refractivity contribution in [3.05, 3.63) is 12.2 Å². The molecule has 0 aromatic heterocycles. The van der Waals surface area contributed by atoms with Gasteiger partial charge in [-0.05, 0) is 6.92 Å². The van der Waals surface area contributed by atoms with E-state index in [2.05, 4.69) is 17.1 Å². The molecule has 0 aliphatic rings. The predicted octanol–water partition coefficient (Wildman–Crippen LogP) is 1.09. The number of amidine groups is 1. The number of hydrogen-bond donors (Lipinski definition) is 3. The Morgan fingerprint density at radius 3 is 2.61 bits per heavy atom. The van der Waals surface area contributed by atoms with Crippen molar-refractivity contribution in [2.24, 2.45) is 16.8 Å². The first-order chi connectivity index (χ1) is 8.29. The van der Waals surface area contributed by atoms with Gasteiger partial charge in [-0.2, -0.15) is 13.2 Å². The molecule has 5 nitrogen and oxygen atoms in total. The molecule has 0 bridgehead atoms. The fourth-order valence-corrected chi connectivity index (χ4v) is 1.09. The highest BCUT2D eigenvalue weighted by Gasteiger charge is 2.42. The van der Waals surface area contributed by atoms with E-state index >= 15 is 0 Å². The minimum Gasteiger partial charge on any atom is -0.409 e. The maximum absolute atomic E-state index is 12.5. The van der Waals surface area contributed by atoms with Gasteiger partial charge >= 0.3 is 6.18 Å². The third-order valence-corrected chi connectivity index (χ3v) is 1.99. The summed E-state index contributed by atoms with van der Waals surface area (Å²) < 4.78 is 42.5. The van der Waals surface area contributed by atoms with Crippen molar-refractivity contribution in [3.63, 3.8) is 0 Å². The Bertz CT molecular complexity index is 293. The van der Waals surface area contributed by atoms with E-state index in [0.29, 0.717) is 6.61 Å². The Morgan fingerprint density at radius 1 is 1.56 bits per heavy atom. The van der Waals surface area contributed by atoms with E-state index in [4.69, 9.17) is 15.7 Å². The van der Waals surface area contributed by atoms with Crippen LogP contribution >= 0.6 is 0 Å². The van der Waals surface area contributed by atoms with Crippen LogP contribution in [0.25, 0.3) is 0 Å². The second-order valence-corrected chi connectivity index (χ2v) is 3.83. The van der Waals surface area contributed by atoms with Crippen LogP contribution in [-0.4, -0.2) is 43.5 Å². The molecule has 0 aliphatic carbocycles. The smallest absolute Gasteiger partial charge is 0.400 e. The highest BCUT2D eigenvalue weighted by molar-refractivity contribution is 5.83. The van der Waals surface area contributed by atoms with E-state index in [1.54, 1.807) is 6.92 Å². The standard InChI is InChI=1S/C10H18F3N3O2/c1-7(2)6-18-4-3-15-5-8(9(14)16-17)10(11,12)13/h8,15,17H,1,3-6H2,2H3,(H2,14,16). The van der Waals surface area contributed by atoms with Crippen molar-refractivity contribution in [1.82, 2.24) is 5.32 Å². The molecule has 106 valence electrons. The fraction of sp³-hybridized carbons (Fsp3) is 0.700. The summed E-state index contributed by atoms with van der Waals surface area (Å²) in [4.78, 5) is 0. The van der Waals surface area contributed by atoms with Gasteiger partial charge < -0.3 is 21.0 Å². The molecule has 0 saturated carbocycles. The number of nitrogens with one attached hydrogen (secondary N) is 1. The zero-order chi connectivity index (χ0) is 14.2. The summed E-state index contributed by atoms with van der Waals surface area (Å²) >= 11 is 0. The monoisotopic (exact) mass is 269 g/mol. The maximum Gasteiger partial charge on any atom is 0.400 e. The van der Waals surface area contributed by atoms with Gasteiger partial charge in [0.1, 0.15) is 5.92 Å². The van der Waals surface area contributed by atoms with Gasteiger partial charge in [-0.1, -0.05) is 17.3 Å². The van der Waals surface area contributed by atoms with Crippen LogP contribution < -0.4 is 11.1 Å². The minimum absolute atomic E-state index is 0.235. The number of oxime groups is 1. The lowest BCUT2D eigenvalue weighted by atomic mass is 10.1. The molecule has 18 heavy (non-hydrogen) atoms. The Balaban J connectivity index is 3.96. The van der Waals surface area contributed by atoms with Gasteiger partial charge in [0.05, 0.1) is 13.2 Å². The summed E-state index contributed by atoms with van der Waals surface area (Å²) in [5, 5.41) is 13.2. The van der Waals surface area contributed by atoms with Gasteiger partial charge in [0.2, 0.25) is 0 Å². The topological polar surface area (TPSA) is 79.9 Å². The number of alkyl halides is 3. The third-order valence-electron chi connectivity index (χ3n) is 1.99. The average molecular weight is 269 g/mol. The molecule has 0 spiro atoms. The quantitative estimate of drug-likeness (QED) is 0.154. The van der Waals surface area contributed by atoms with Gasteiger partial charge in [-0.15, -0.1) is 0 Å². The van der Waals surface area contributed by atoms with E-state index in [0.717, 1.165) is 5.57 Å². The number of rotatable bonds is 8. The molecule has 0 aromatic rings. The lowest BCUT2D eigenvalue weighted by Crippen LogP contribution is -2.43. The first kappa shape index (κ1) is 16.7. The molecule has 0 fully saturated rings. The number of hydrogen-bond acceptors (Lipinski definition) is 4. The molecule has 0 saturated heterocycles. The van der Waals surface area contributed by atoms with Gasteiger partial charge in [0, 0.05) is 13.1 Å².